The molecule has 2 heterocycles. The number of fused-ring (bicyclic) bond motifs is 1. The molecule has 0 spiro atoms. The molecule has 2 aliphatic rings. The van der Waals surface area contributed by atoms with Gasteiger partial charge in [-0.15, -0.1) is 0 Å². The summed E-state index contributed by atoms with van der Waals surface area (Å²) in [7, 11) is -3.86. The number of ether oxygens (including phenoxy) is 2. The average molecular weight is 415 g/mol. The third kappa shape index (κ3) is 3.72. The number of hydrogen-bond acceptors (Lipinski definition) is 6. The molecule has 0 aromatic heterocycles. The lowest BCUT2D eigenvalue weighted by Crippen LogP contribution is -2.51. The van der Waals surface area contributed by atoms with Crippen LogP contribution in [0.3, 0.4) is 0 Å². The number of rotatable bonds is 5. The van der Waals surface area contributed by atoms with E-state index in [0.29, 0.717) is 17.9 Å². The Balaban J connectivity index is 1.51. The van der Waals surface area contributed by atoms with E-state index in [2.05, 4.69) is 0 Å². The fourth-order valence-electron chi connectivity index (χ4n) is 3.56. The number of piperidine rings is 1. The molecule has 4 rings (SSSR count). The molecule has 8 heteroatoms. The summed E-state index contributed by atoms with van der Waals surface area (Å²) in [6, 6.07) is 11.8. The molecule has 0 radical (unpaired) electrons. The van der Waals surface area contributed by atoms with Crippen molar-refractivity contribution >= 4 is 21.7 Å². The van der Waals surface area contributed by atoms with Crippen molar-refractivity contribution < 1.29 is 27.5 Å². The maximum atomic E-state index is 13.0. The lowest BCUT2D eigenvalue weighted by molar-refractivity contribution is -0.147. The molecule has 7 nitrogen and oxygen atoms in total. The lowest BCUT2D eigenvalue weighted by Gasteiger charge is -2.30. The van der Waals surface area contributed by atoms with Gasteiger partial charge in [0.25, 0.3) is 0 Å². The van der Waals surface area contributed by atoms with Crippen molar-refractivity contribution in [2.75, 3.05) is 13.3 Å². The van der Waals surface area contributed by atoms with Crippen molar-refractivity contribution in [2.24, 2.45) is 0 Å². The fourth-order valence-corrected chi connectivity index (χ4v) is 5.23. The summed E-state index contributed by atoms with van der Waals surface area (Å²) in [5, 5.41) is -1.24. The van der Waals surface area contributed by atoms with Crippen LogP contribution < -0.4 is 9.47 Å². The minimum atomic E-state index is -3.86. The Bertz CT molecular complexity index is 1060. The summed E-state index contributed by atoms with van der Waals surface area (Å²) < 4.78 is 36.6. The van der Waals surface area contributed by atoms with E-state index in [4.69, 9.17) is 9.47 Å². The predicted molar refractivity (Wildman–Crippen MR) is 104 cm³/mol. The molecule has 0 N–H and O–H groups in total. The van der Waals surface area contributed by atoms with Crippen LogP contribution in [0.25, 0.3) is 0 Å². The first-order valence-corrected chi connectivity index (χ1v) is 10.9. The standard InChI is InChI=1S/C21H21NO6S/c1-14-2-5-16(6-3-14)29(25,26)19-8-9-20(23)22(21(19)24)11-10-15-4-7-17-18(12-15)28-13-27-17/h2-7,12,19H,8-11,13H2,1H3. The van der Waals surface area contributed by atoms with Crippen molar-refractivity contribution in [3.63, 3.8) is 0 Å². The van der Waals surface area contributed by atoms with Crippen molar-refractivity contribution in [1.29, 1.82) is 0 Å². The van der Waals surface area contributed by atoms with E-state index in [0.717, 1.165) is 16.0 Å². The molecule has 2 aromatic carbocycles. The topological polar surface area (TPSA) is 90.0 Å². The van der Waals surface area contributed by atoms with Crippen LogP contribution in [0.15, 0.2) is 47.4 Å². The second-order valence-corrected chi connectivity index (χ2v) is 9.34. The molecule has 0 bridgehead atoms. The van der Waals surface area contributed by atoms with Crippen LogP contribution in [0.2, 0.25) is 0 Å². The molecule has 1 fully saturated rings. The minimum Gasteiger partial charge on any atom is -0.454 e. The highest BCUT2D eigenvalue weighted by Gasteiger charge is 2.42. The van der Waals surface area contributed by atoms with Gasteiger partial charge in [-0.1, -0.05) is 23.8 Å². The lowest BCUT2D eigenvalue weighted by atomic mass is 10.1. The Labute approximate surface area is 169 Å². The van der Waals surface area contributed by atoms with Gasteiger partial charge >= 0.3 is 0 Å². The van der Waals surface area contributed by atoms with E-state index >= 15 is 0 Å². The van der Waals surface area contributed by atoms with E-state index in [-0.39, 0.29) is 37.0 Å². The Morgan fingerprint density at radius 1 is 1.03 bits per heavy atom. The minimum absolute atomic E-state index is 0.00833. The number of amides is 2. The number of aryl methyl sites for hydroxylation is 1. The maximum Gasteiger partial charge on any atom is 0.247 e. The third-order valence-corrected chi connectivity index (χ3v) is 7.36. The van der Waals surface area contributed by atoms with Gasteiger partial charge in [-0.05, 0) is 49.6 Å². The first-order valence-electron chi connectivity index (χ1n) is 9.39. The molecule has 1 saturated heterocycles. The number of hydrogen-bond donors (Lipinski definition) is 0. The molecule has 2 aromatic rings. The Morgan fingerprint density at radius 3 is 2.52 bits per heavy atom. The zero-order chi connectivity index (χ0) is 20.6. The van der Waals surface area contributed by atoms with Gasteiger partial charge < -0.3 is 9.47 Å². The van der Waals surface area contributed by atoms with Crippen molar-refractivity contribution in [3.05, 3.63) is 53.6 Å². The molecule has 0 aliphatic carbocycles. The molecule has 2 aliphatic heterocycles. The van der Waals surface area contributed by atoms with Gasteiger partial charge in [-0.2, -0.15) is 0 Å². The smallest absolute Gasteiger partial charge is 0.247 e. The summed E-state index contributed by atoms with van der Waals surface area (Å²) in [5.41, 5.74) is 1.80. The quantitative estimate of drug-likeness (QED) is 0.696. The Hall–Kier alpha value is -2.87. The number of carbonyl (C=O) groups is 2. The van der Waals surface area contributed by atoms with Gasteiger partial charge in [0.05, 0.1) is 4.90 Å². The molecular weight excluding hydrogens is 394 g/mol. The van der Waals surface area contributed by atoms with Crippen LogP contribution in [0, 0.1) is 6.92 Å². The van der Waals surface area contributed by atoms with Crippen LogP contribution in [0.5, 0.6) is 11.5 Å². The zero-order valence-corrected chi connectivity index (χ0v) is 16.8. The van der Waals surface area contributed by atoms with Gasteiger partial charge in [0.15, 0.2) is 21.3 Å². The third-order valence-electron chi connectivity index (χ3n) is 5.25. The molecule has 2 amide bonds. The van der Waals surface area contributed by atoms with Crippen LogP contribution in [-0.2, 0) is 25.8 Å². The number of imide groups is 1. The van der Waals surface area contributed by atoms with Gasteiger partial charge in [0, 0.05) is 13.0 Å². The second-order valence-electron chi connectivity index (χ2n) is 7.21. The van der Waals surface area contributed by atoms with Crippen LogP contribution in [-0.4, -0.2) is 43.7 Å². The summed E-state index contributed by atoms with van der Waals surface area (Å²) in [6.07, 6.45) is 0.447. The van der Waals surface area contributed by atoms with E-state index < -0.39 is 21.0 Å². The molecule has 1 atom stereocenters. The second kappa shape index (κ2) is 7.51. The maximum absolute atomic E-state index is 13.0. The van der Waals surface area contributed by atoms with Crippen molar-refractivity contribution in [2.45, 2.75) is 36.3 Å². The van der Waals surface area contributed by atoms with Gasteiger partial charge in [0.1, 0.15) is 5.25 Å². The van der Waals surface area contributed by atoms with E-state index in [9.17, 15) is 18.0 Å². The van der Waals surface area contributed by atoms with Gasteiger partial charge in [-0.25, -0.2) is 8.42 Å². The molecule has 0 saturated carbocycles. The van der Waals surface area contributed by atoms with Crippen LogP contribution in [0.4, 0.5) is 0 Å². The summed E-state index contributed by atoms with van der Waals surface area (Å²) >= 11 is 0. The average Bonchev–Trinajstić information content (AvgIpc) is 3.16. The SMILES string of the molecule is Cc1ccc(S(=O)(=O)C2CCC(=O)N(CCc3ccc4c(c3)OCO4)C2=O)cc1. The Kier molecular flexibility index (Phi) is 5.04. The number of nitrogens with zero attached hydrogens (tertiary/aromatic N) is 1. The van der Waals surface area contributed by atoms with Gasteiger partial charge in [0.2, 0.25) is 18.6 Å². The zero-order valence-electron chi connectivity index (χ0n) is 16.0. The number of benzene rings is 2. The van der Waals surface area contributed by atoms with Crippen molar-refractivity contribution in [3.8, 4) is 11.5 Å². The van der Waals surface area contributed by atoms with E-state index in [1.165, 1.54) is 12.1 Å². The number of sulfone groups is 1. The normalized spacial score (nSPS) is 18.9. The highest BCUT2D eigenvalue weighted by molar-refractivity contribution is 7.92. The molecular formula is C21H21NO6S. The Morgan fingerprint density at radius 2 is 1.76 bits per heavy atom. The molecule has 1 unspecified atom stereocenters. The highest BCUT2D eigenvalue weighted by atomic mass is 32.2. The van der Waals surface area contributed by atoms with Crippen molar-refractivity contribution in [1.82, 2.24) is 4.90 Å². The van der Waals surface area contributed by atoms with Crippen LogP contribution >= 0.6 is 0 Å². The highest BCUT2D eigenvalue weighted by Crippen LogP contribution is 2.33. The summed E-state index contributed by atoms with van der Waals surface area (Å²) in [4.78, 5) is 26.4. The first kappa shape index (κ1) is 19.4. The largest absolute Gasteiger partial charge is 0.454 e. The van der Waals surface area contributed by atoms with Gasteiger partial charge in [-0.3, -0.25) is 14.5 Å². The monoisotopic (exact) mass is 415 g/mol. The predicted octanol–water partition coefficient (Wildman–Crippen LogP) is 2.26. The molecule has 29 heavy (non-hydrogen) atoms. The first-order chi connectivity index (χ1) is 13.9. The number of likely N-dealkylation sites (tertiary alicyclic amines) is 1. The van der Waals surface area contributed by atoms with Crippen LogP contribution in [0.1, 0.15) is 24.0 Å². The summed E-state index contributed by atoms with van der Waals surface area (Å²) in [5.74, 6) is 0.287. The number of carbonyl (C=O) groups excluding carboxylic acids is 2. The van der Waals surface area contributed by atoms with E-state index in [1.54, 1.807) is 18.2 Å². The van der Waals surface area contributed by atoms with E-state index in [1.807, 2.05) is 19.1 Å². The molecule has 152 valence electrons. The summed E-state index contributed by atoms with van der Waals surface area (Å²) in [6.45, 7) is 2.15. The fraction of sp³-hybridized carbons (Fsp3) is 0.333.